The third-order valence-electron chi connectivity index (χ3n) is 6.57. The molecular weight excluding hydrogens is 554 g/mol. The molecule has 1 aliphatic heterocycles. The first-order valence-corrected chi connectivity index (χ1v) is 15.7. The zero-order valence-corrected chi connectivity index (χ0v) is 24.0. The maximum Gasteiger partial charge on any atom is 0.243 e. The van der Waals surface area contributed by atoms with Crippen LogP contribution in [-0.2, 0) is 42.5 Å². The number of morpholine rings is 1. The van der Waals surface area contributed by atoms with Crippen LogP contribution in [0.15, 0.2) is 82.6 Å². The summed E-state index contributed by atoms with van der Waals surface area (Å²) in [6, 6.07) is 18.8. The van der Waals surface area contributed by atoms with E-state index in [1.807, 2.05) is 30.3 Å². The lowest BCUT2D eigenvalue weighted by Gasteiger charge is -2.26. The molecule has 0 bridgehead atoms. The van der Waals surface area contributed by atoms with Crippen molar-refractivity contribution in [3.05, 3.63) is 89.5 Å². The summed E-state index contributed by atoms with van der Waals surface area (Å²) in [7, 11) is -6.16. The molecule has 3 aromatic carbocycles. The van der Waals surface area contributed by atoms with Gasteiger partial charge in [-0.2, -0.15) is 9.03 Å². The van der Waals surface area contributed by atoms with Crippen LogP contribution < -0.4 is 14.8 Å². The summed E-state index contributed by atoms with van der Waals surface area (Å²) in [6.07, 6.45) is 0.137. The lowest BCUT2D eigenvalue weighted by Crippen LogP contribution is -2.47. The summed E-state index contributed by atoms with van der Waals surface area (Å²) in [5.41, 5.74) is 2.10. The number of amides is 1. The number of carbonyl (C=O) groups is 1. The predicted molar refractivity (Wildman–Crippen MR) is 150 cm³/mol. The SMILES string of the molecule is COc1ccc(S(=O)(=O)N[C@@H](Cc2ccccc2)C(=O)NCc2ccc(S(=O)(=O)N3CCOCC3)cc2)cc1C. The van der Waals surface area contributed by atoms with Crippen LogP contribution in [0.25, 0.3) is 0 Å². The smallest absolute Gasteiger partial charge is 0.243 e. The van der Waals surface area contributed by atoms with E-state index in [1.54, 1.807) is 25.1 Å². The van der Waals surface area contributed by atoms with Gasteiger partial charge in [0.25, 0.3) is 0 Å². The van der Waals surface area contributed by atoms with E-state index in [1.165, 1.54) is 35.7 Å². The number of aryl methyl sites for hydroxylation is 1. The van der Waals surface area contributed by atoms with Gasteiger partial charge >= 0.3 is 0 Å². The van der Waals surface area contributed by atoms with Crippen LogP contribution in [0.4, 0.5) is 0 Å². The first kappa shape index (κ1) is 29.7. The van der Waals surface area contributed by atoms with Crippen LogP contribution in [0.1, 0.15) is 16.7 Å². The molecule has 1 saturated heterocycles. The van der Waals surface area contributed by atoms with Gasteiger partial charge in [-0.15, -0.1) is 0 Å². The van der Waals surface area contributed by atoms with Gasteiger partial charge in [0, 0.05) is 19.6 Å². The molecule has 0 radical (unpaired) electrons. The lowest BCUT2D eigenvalue weighted by atomic mass is 10.1. The highest BCUT2D eigenvalue weighted by Gasteiger charge is 2.28. The molecule has 4 rings (SSSR count). The molecule has 214 valence electrons. The second kappa shape index (κ2) is 12.9. The van der Waals surface area contributed by atoms with Gasteiger partial charge in [-0.3, -0.25) is 4.79 Å². The number of benzene rings is 3. The molecule has 2 N–H and O–H groups in total. The average molecular weight is 588 g/mol. The number of ether oxygens (including phenoxy) is 2. The highest BCUT2D eigenvalue weighted by molar-refractivity contribution is 7.89. The molecule has 0 aromatic heterocycles. The average Bonchev–Trinajstić information content (AvgIpc) is 2.96. The van der Waals surface area contributed by atoms with Gasteiger partial charge in [-0.1, -0.05) is 42.5 Å². The first-order valence-electron chi connectivity index (χ1n) is 12.8. The molecule has 0 saturated carbocycles. The summed E-state index contributed by atoms with van der Waals surface area (Å²) < 4.78 is 66.6. The molecule has 1 heterocycles. The zero-order valence-electron chi connectivity index (χ0n) is 22.4. The highest BCUT2D eigenvalue weighted by atomic mass is 32.2. The fraction of sp³-hybridized carbons (Fsp3) is 0.321. The van der Waals surface area contributed by atoms with Crippen molar-refractivity contribution in [1.82, 2.24) is 14.3 Å². The van der Waals surface area contributed by atoms with Crippen LogP contribution >= 0.6 is 0 Å². The number of methoxy groups -OCH3 is 1. The molecule has 0 spiro atoms. The Bertz CT molecular complexity index is 1520. The Labute approximate surface area is 235 Å². The normalized spacial score (nSPS) is 15.3. The van der Waals surface area contributed by atoms with Crippen LogP contribution in [0, 0.1) is 6.92 Å². The summed E-state index contributed by atoms with van der Waals surface area (Å²) in [6.45, 7) is 3.14. The Balaban J connectivity index is 1.47. The van der Waals surface area contributed by atoms with Crippen molar-refractivity contribution in [1.29, 1.82) is 0 Å². The topological polar surface area (TPSA) is 131 Å². The lowest BCUT2D eigenvalue weighted by molar-refractivity contribution is -0.122. The van der Waals surface area contributed by atoms with Crippen molar-refractivity contribution in [3.8, 4) is 5.75 Å². The molecule has 0 aliphatic carbocycles. The van der Waals surface area contributed by atoms with Gasteiger partial charge < -0.3 is 14.8 Å². The number of nitrogens with one attached hydrogen (secondary N) is 2. The van der Waals surface area contributed by atoms with Crippen molar-refractivity contribution >= 4 is 26.0 Å². The number of sulfonamides is 2. The number of hydrogen-bond donors (Lipinski definition) is 2. The maximum absolute atomic E-state index is 13.3. The summed E-state index contributed by atoms with van der Waals surface area (Å²) in [5.74, 6) is 0.0453. The Morgan fingerprint density at radius 1 is 0.925 bits per heavy atom. The minimum absolute atomic E-state index is 0.0220. The number of nitrogens with zero attached hydrogens (tertiary/aromatic N) is 1. The molecule has 12 heteroatoms. The molecule has 1 atom stereocenters. The van der Waals surface area contributed by atoms with E-state index in [9.17, 15) is 21.6 Å². The fourth-order valence-corrected chi connectivity index (χ4v) is 7.03. The first-order chi connectivity index (χ1) is 19.1. The van der Waals surface area contributed by atoms with Crippen LogP contribution in [0.2, 0.25) is 0 Å². The molecule has 1 fully saturated rings. The number of carbonyl (C=O) groups excluding carboxylic acids is 1. The maximum atomic E-state index is 13.3. The molecular formula is C28H33N3O7S2. The van der Waals surface area contributed by atoms with Gasteiger partial charge in [-0.05, 0) is 60.4 Å². The van der Waals surface area contributed by atoms with Gasteiger partial charge in [0.1, 0.15) is 11.8 Å². The van der Waals surface area contributed by atoms with E-state index in [0.717, 1.165) is 5.56 Å². The van der Waals surface area contributed by atoms with E-state index in [2.05, 4.69) is 10.0 Å². The Morgan fingerprint density at radius 3 is 2.20 bits per heavy atom. The van der Waals surface area contributed by atoms with Crippen molar-refractivity contribution in [2.24, 2.45) is 0 Å². The van der Waals surface area contributed by atoms with Gasteiger partial charge in [0.05, 0.1) is 30.1 Å². The Hall–Kier alpha value is -3.29. The zero-order chi connectivity index (χ0) is 28.8. The number of hydrogen-bond acceptors (Lipinski definition) is 7. The highest BCUT2D eigenvalue weighted by Crippen LogP contribution is 2.22. The van der Waals surface area contributed by atoms with Crippen molar-refractivity contribution in [2.75, 3.05) is 33.4 Å². The quantitative estimate of drug-likeness (QED) is 0.352. The van der Waals surface area contributed by atoms with E-state index in [-0.39, 0.29) is 22.8 Å². The molecule has 1 aliphatic rings. The van der Waals surface area contributed by atoms with Crippen LogP contribution in [0.5, 0.6) is 5.75 Å². The van der Waals surface area contributed by atoms with Gasteiger partial charge in [0.2, 0.25) is 26.0 Å². The number of rotatable bonds is 11. The fourth-order valence-electron chi connectivity index (χ4n) is 4.34. The minimum Gasteiger partial charge on any atom is -0.496 e. The van der Waals surface area contributed by atoms with Crippen LogP contribution in [-0.4, -0.2) is 66.5 Å². The molecule has 3 aromatic rings. The van der Waals surface area contributed by atoms with E-state index in [4.69, 9.17) is 9.47 Å². The van der Waals surface area contributed by atoms with E-state index < -0.39 is 32.0 Å². The molecule has 1 amide bonds. The van der Waals surface area contributed by atoms with Crippen molar-refractivity contribution in [2.45, 2.75) is 35.7 Å². The van der Waals surface area contributed by atoms with Crippen molar-refractivity contribution in [3.63, 3.8) is 0 Å². The second-order valence-electron chi connectivity index (χ2n) is 9.37. The molecule has 10 nitrogen and oxygen atoms in total. The van der Waals surface area contributed by atoms with E-state index >= 15 is 0 Å². The third kappa shape index (κ3) is 7.26. The summed E-state index contributed by atoms with van der Waals surface area (Å²) >= 11 is 0. The Morgan fingerprint density at radius 2 is 1.57 bits per heavy atom. The predicted octanol–water partition coefficient (Wildman–Crippen LogP) is 2.23. The summed E-state index contributed by atoms with van der Waals surface area (Å²) in [4.78, 5) is 13.4. The van der Waals surface area contributed by atoms with Gasteiger partial charge in [0.15, 0.2) is 0 Å². The molecule has 0 unspecified atom stereocenters. The third-order valence-corrected chi connectivity index (χ3v) is 9.95. The van der Waals surface area contributed by atoms with E-state index in [0.29, 0.717) is 43.2 Å². The monoisotopic (exact) mass is 587 g/mol. The minimum atomic E-state index is -4.03. The van der Waals surface area contributed by atoms with Gasteiger partial charge in [-0.25, -0.2) is 16.8 Å². The largest absolute Gasteiger partial charge is 0.496 e. The molecule has 40 heavy (non-hydrogen) atoms. The summed E-state index contributed by atoms with van der Waals surface area (Å²) in [5, 5.41) is 2.78. The van der Waals surface area contributed by atoms with Crippen LogP contribution in [0.3, 0.4) is 0 Å². The van der Waals surface area contributed by atoms with Crippen molar-refractivity contribution < 1.29 is 31.1 Å². The standard InChI is InChI=1S/C28H33N3O7S2/c1-21-18-25(12-13-27(21)37-2)39(33,34)30-26(19-22-6-4-3-5-7-22)28(32)29-20-23-8-10-24(11-9-23)40(35,36)31-14-16-38-17-15-31/h3-13,18,26,30H,14-17,19-20H2,1-2H3,(H,29,32)/t26-/m0/s1. The second-order valence-corrected chi connectivity index (χ2v) is 13.0. The Kier molecular flexibility index (Phi) is 9.59.